The van der Waals surface area contributed by atoms with Gasteiger partial charge in [0.1, 0.15) is 0 Å². The molecule has 1 N–H and O–H groups in total. The lowest BCUT2D eigenvalue weighted by atomic mass is 10.1. The van der Waals surface area contributed by atoms with Crippen molar-refractivity contribution in [3.05, 3.63) is 60.6 Å². The number of benzene rings is 1. The van der Waals surface area contributed by atoms with Crippen molar-refractivity contribution >= 4 is 17.0 Å². The summed E-state index contributed by atoms with van der Waals surface area (Å²) in [4.78, 5) is 11.9. The van der Waals surface area contributed by atoms with Crippen LogP contribution in [0, 0.1) is 5.53 Å². The van der Waals surface area contributed by atoms with Gasteiger partial charge in [0.25, 0.3) is 0 Å². The van der Waals surface area contributed by atoms with Crippen molar-refractivity contribution < 1.29 is 4.79 Å². The Morgan fingerprint density at radius 1 is 1.11 bits per heavy atom. The fraction of sp³-hybridized carbons (Fsp3) is 0. The lowest BCUT2D eigenvalue weighted by Gasteiger charge is -2.03. The quantitative estimate of drug-likeness (QED) is 0.430. The molecule has 0 spiro atoms. The van der Waals surface area contributed by atoms with Crippen LogP contribution in [0.4, 0.5) is 0 Å². The van der Waals surface area contributed by atoms with Gasteiger partial charge >= 0.3 is 6.21 Å². The summed E-state index contributed by atoms with van der Waals surface area (Å²) in [5.74, 6) is 0. The van der Waals surface area contributed by atoms with E-state index in [1.165, 1.54) is 6.21 Å². The van der Waals surface area contributed by atoms with E-state index in [1.807, 2.05) is 42.6 Å². The summed E-state index contributed by atoms with van der Waals surface area (Å²) in [5, 5.41) is 2.07. The number of hydrogen-bond donors (Lipinski definition) is 1. The van der Waals surface area contributed by atoms with Crippen LogP contribution in [0.5, 0.6) is 0 Å². The van der Waals surface area contributed by atoms with Crippen LogP contribution < -0.4 is 0 Å². The Morgan fingerprint density at radius 2 is 2.05 bits per heavy atom. The summed E-state index contributed by atoms with van der Waals surface area (Å²) in [7, 11) is 0. The Morgan fingerprint density at radius 3 is 2.84 bits per heavy atom. The Labute approximate surface area is 110 Å². The van der Waals surface area contributed by atoms with E-state index < -0.39 is 0 Å². The van der Waals surface area contributed by atoms with E-state index >= 15 is 0 Å². The van der Waals surface area contributed by atoms with Crippen LogP contribution in [-0.2, 0) is 0 Å². The molecule has 0 atom stereocenters. The van der Waals surface area contributed by atoms with E-state index in [0.29, 0.717) is 0 Å². The standard InChI is InChI=1S/C15H11N4/c16-19-9-12-4-1-3-11-7-15(18-10-14(11)12)13-5-2-6-17-8-13/h1-10,16H/q+1. The zero-order chi connectivity index (χ0) is 13.1. The topological polar surface area (TPSA) is 63.7 Å². The average Bonchev–Trinajstić information content (AvgIpc) is 2.48. The minimum Gasteiger partial charge on any atom is -0.264 e. The molecule has 90 valence electrons. The zero-order valence-corrected chi connectivity index (χ0v) is 10.1. The second kappa shape index (κ2) is 4.80. The number of nitrogens with zero attached hydrogens (tertiary/aromatic N) is 3. The monoisotopic (exact) mass is 247 g/mol. The molecule has 0 aliphatic rings. The van der Waals surface area contributed by atoms with Gasteiger partial charge in [0.2, 0.25) is 0 Å². The molecule has 0 bridgehead atoms. The largest absolute Gasteiger partial charge is 0.337 e. The maximum Gasteiger partial charge on any atom is 0.337 e. The van der Waals surface area contributed by atoms with Crippen molar-refractivity contribution in [3.8, 4) is 11.3 Å². The van der Waals surface area contributed by atoms with E-state index in [-0.39, 0.29) is 0 Å². The molecule has 3 rings (SSSR count). The van der Waals surface area contributed by atoms with Crippen molar-refractivity contribution in [3.63, 3.8) is 0 Å². The van der Waals surface area contributed by atoms with E-state index in [9.17, 15) is 0 Å². The number of pyridine rings is 2. The summed E-state index contributed by atoms with van der Waals surface area (Å²) in [5.41, 5.74) is 9.71. The molecule has 0 aliphatic heterocycles. The third-order valence-electron chi connectivity index (χ3n) is 2.96. The van der Waals surface area contributed by atoms with E-state index in [2.05, 4.69) is 14.8 Å². The molecule has 4 heteroatoms. The summed E-state index contributed by atoms with van der Waals surface area (Å²) < 4.78 is 0. The molecule has 4 nitrogen and oxygen atoms in total. The summed E-state index contributed by atoms with van der Waals surface area (Å²) >= 11 is 0. The van der Waals surface area contributed by atoms with Crippen molar-refractivity contribution in [2.45, 2.75) is 0 Å². The molecule has 19 heavy (non-hydrogen) atoms. The van der Waals surface area contributed by atoms with Crippen molar-refractivity contribution in [2.24, 2.45) is 0 Å². The average molecular weight is 247 g/mol. The second-order valence-electron chi connectivity index (χ2n) is 4.14. The van der Waals surface area contributed by atoms with Crippen LogP contribution >= 0.6 is 0 Å². The van der Waals surface area contributed by atoms with Gasteiger partial charge in [-0.05, 0) is 29.7 Å². The number of rotatable bonds is 2. The Hall–Kier alpha value is -2.84. The number of nitrogens with one attached hydrogen (secondary N) is 1. The molecule has 0 saturated heterocycles. The molecule has 2 aromatic heterocycles. The molecule has 3 aromatic rings. The zero-order valence-electron chi connectivity index (χ0n) is 10.1. The number of hydrogen-bond acceptors (Lipinski definition) is 3. The molecule has 1 aromatic carbocycles. The highest BCUT2D eigenvalue weighted by Gasteiger charge is 2.05. The first-order valence-corrected chi connectivity index (χ1v) is 5.87. The SMILES string of the molecule is N=[N+]=Cc1cccc2cc(-c3cccnc3)ncc12. The third kappa shape index (κ3) is 2.12. The fourth-order valence-electron chi connectivity index (χ4n) is 2.05. The van der Waals surface area contributed by atoms with Gasteiger partial charge in [0.05, 0.1) is 16.8 Å². The Balaban J connectivity index is 2.20. The predicted molar refractivity (Wildman–Crippen MR) is 73.1 cm³/mol. The first-order valence-electron chi connectivity index (χ1n) is 5.87. The normalized spacial score (nSPS) is 10.1. The molecule has 0 amide bonds. The van der Waals surface area contributed by atoms with Gasteiger partial charge < -0.3 is 0 Å². The van der Waals surface area contributed by atoms with Crippen LogP contribution in [0.15, 0.2) is 55.0 Å². The highest BCUT2D eigenvalue weighted by molar-refractivity contribution is 5.98. The third-order valence-corrected chi connectivity index (χ3v) is 2.96. The lowest BCUT2D eigenvalue weighted by Crippen LogP contribution is -1.89. The predicted octanol–water partition coefficient (Wildman–Crippen LogP) is 2.95. The molecule has 0 fully saturated rings. The summed E-state index contributed by atoms with van der Waals surface area (Å²) in [6.45, 7) is 0. The molecule has 0 saturated carbocycles. The molecule has 2 heterocycles. The van der Waals surface area contributed by atoms with Gasteiger partial charge in [-0.1, -0.05) is 12.1 Å². The molecular formula is C15H11N4+. The van der Waals surface area contributed by atoms with E-state index in [4.69, 9.17) is 5.53 Å². The van der Waals surface area contributed by atoms with Crippen molar-refractivity contribution in [1.29, 1.82) is 5.53 Å². The smallest absolute Gasteiger partial charge is 0.264 e. The van der Waals surface area contributed by atoms with Gasteiger partial charge in [0.15, 0.2) is 0 Å². The van der Waals surface area contributed by atoms with Crippen LogP contribution in [-0.4, -0.2) is 21.0 Å². The van der Waals surface area contributed by atoms with Gasteiger partial charge in [-0.3, -0.25) is 9.97 Å². The van der Waals surface area contributed by atoms with E-state index in [0.717, 1.165) is 27.6 Å². The lowest BCUT2D eigenvalue weighted by molar-refractivity contribution is -0.111. The fourth-order valence-corrected chi connectivity index (χ4v) is 2.05. The van der Waals surface area contributed by atoms with Crippen molar-refractivity contribution in [2.75, 3.05) is 0 Å². The molecule has 0 radical (unpaired) electrons. The van der Waals surface area contributed by atoms with Gasteiger partial charge in [-0.15, -0.1) is 0 Å². The second-order valence-corrected chi connectivity index (χ2v) is 4.14. The highest BCUT2D eigenvalue weighted by atomic mass is 14.8. The maximum absolute atomic E-state index is 6.93. The van der Waals surface area contributed by atoms with Gasteiger partial charge in [-0.2, -0.15) is 0 Å². The highest BCUT2D eigenvalue weighted by Crippen LogP contribution is 2.22. The molecule has 0 aliphatic carbocycles. The summed E-state index contributed by atoms with van der Waals surface area (Å²) in [6.07, 6.45) is 6.87. The Bertz CT molecular complexity index is 775. The van der Waals surface area contributed by atoms with Crippen LogP contribution in [0.25, 0.3) is 22.0 Å². The van der Waals surface area contributed by atoms with Gasteiger partial charge in [0, 0.05) is 34.3 Å². The van der Waals surface area contributed by atoms with Crippen LogP contribution in [0.2, 0.25) is 0 Å². The van der Waals surface area contributed by atoms with Crippen LogP contribution in [0.3, 0.4) is 0 Å². The summed E-state index contributed by atoms with van der Waals surface area (Å²) in [6, 6.07) is 11.8. The maximum atomic E-state index is 6.93. The first-order chi connectivity index (χ1) is 9.38. The van der Waals surface area contributed by atoms with Gasteiger partial charge in [-0.25, -0.2) is 0 Å². The number of fused-ring (bicyclic) bond motifs is 1. The Kier molecular flexibility index (Phi) is 2.85. The van der Waals surface area contributed by atoms with Crippen molar-refractivity contribution in [1.82, 2.24) is 9.97 Å². The first kappa shape index (κ1) is 11.3. The minimum absolute atomic E-state index is 0.889. The molecular weight excluding hydrogens is 236 g/mol. The molecule has 0 unspecified atom stereocenters. The number of aromatic nitrogens is 2. The van der Waals surface area contributed by atoms with E-state index in [1.54, 1.807) is 12.4 Å². The van der Waals surface area contributed by atoms with Crippen LogP contribution in [0.1, 0.15) is 5.56 Å². The minimum atomic E-state index is 0.889.